The topological polar surface area (TPSA) is 46.5 Å². The van der Waals surface area contributed by atoms with E-state index in [1.54, 1.807) is 11.8 Å². The number of esters is 1. The van der Waals surface area contributed by atoms with Crippen LogP contribution >= 0.6 is 11.8 Å². The maximum absolute atomic E-state index is 10.8. The Bertz CT molecular complexity index is 138. The maximum atomic E-state index is 10.8. The molecule has 12 heavy (non-hydrogen) atoms. The van der Waals surface area contributed by atoms with Crippen LogP contribution in [0.25, 0.3) is 0 Å². The summed E-state index contributed by atoms with van der Waals surface area (Å²) in [4.78, 5) is 10.8. The number of hydrogen-bond acceptors (Lipinski definition) is 4. The van der Waals surface area contributed by atoms with E-state index < -0.39 is 0 Å². The van der Waals surface area contributed by atoms with Crippen LogP contribution in [-0.4, -0.2) is 35.3 Å². The molecule has 0 saturated heterocycles. The molecule has 0 rings (SSSR count). The SMILES string of the molecule is COC(=O)CC(C)SC(C)CO. The van der Waals surface area contributed by atoms with Crippen molar-refractivity contribution in [2.45, 2.75) is 30.8 Å². The summed E-state index contributed by atoms with van der Waals surface area (Å²) in [6, 6.07) is 0. The van der Waals surface area contributed by atoms with Gasteiger partial charge in [0.15, 0.2) is 0 Å². The molecular formula is C8H16O3S. The first kappa shape index (κ1) is 11.8. The molecule has 2 unspecified atom stereocenters. The van der Waals surface area contributed by atoms with Crippen LogP contribution in [0.2, 0.25) is 0 Å². The summed E-state index contributed by atoms with van der Waals surface area (Å²) in [5, 5.41) is 9.13. The van der Waals surface area contributed by atoms with Crippen LogP contribution in [-0.2, 0) is 9.53 Å². The molecule has 2 atom stereocenters. The molecule has 1 N–H and O–H groups in total. The van der Waals surface area contributed by atoms with Crippen LogP contribution < -0.4 is 0 Å². The van der Waals surface area contributed by atoms with E-state index in [4.69, 9.17) is 5.11 Å². The smallest absolute Gasteiger partial charge is 0.306 e. The van der Waals surface area contributed by atoms with Crippen molar-refractivity contribution in [1.82, 2.24) is 0 Å². The highest BCUT2D eigenvalue weighted by atomic mass is 32.2. The van der Waals surface area contributed by atoms with Crippen LogP contribution in [0.5, 0.6) is 0 Å². The fourth-order valence-corrected chi connectivity index (χ4v) is 1.92. The molecule has 72 valence electrons. The molecule has 0 fully saturated rings. The summed E-state index contributed by atoms with van der Waals surface area (Å²) >= 11 is 1.59. The molecule has 0 heterocycles. The Hall–Kier alpha value is -0.220. The Kier molecular flexibility index (Phi) is 6.20. The molecule has 4 heteroatoms. The third kappa shape index (κ3) is 5.43. The second-order valence-corrected chi connectivity index (χ2v) is 4.60. The van der Waals surface area contributed by atoms with Gasteiger partial charge in [0.1, 0.15) is 0 Å². The Morgan fingerprint density at radius 2 is 2.08 bits per heavy atom. The molecule has 0 aromatic heterocycles. The zero-order valence-corrected chi connectivity index (χ0v) is 8.56. The minimum Gasteiger partial charge on any atom is -0.469 e. The van der Waals surface area contributed by atoms with Crippen LogP contribution in [0.4, 0.5) is 0 Å². The molecule has 0 saturated carbocycles. The third-order valence-corrected chi connectivity index (χ3v) is 2.65. The first-order valence-corrected chi connectivity index (χ1v) is 4.87. The van der Waals surface area contributed by atoms with Crippen LogP contribution in [0.1, 0.15) is 20.3 Å². The summed E-state index contributed by atoms with van der Waals surface area (Å²) in [7, 11) is 1.38. The molecule has 0 aliphatic carbocycles. The number of rotatable bonds is 5. The Labute approximate surface area is 77.5 Å². The average molecular weight is 192 g/mol. The summed E-state index contributed by atoms with van der Waals surface area (Å²) in [5.41, 5.74) is 0. The van der Waals surface area contributed by atoms with Crippen molar-refractivity contribution in [3.63, 3.8) is 0 Å². The molecule has 0 aliphatic rings. The van der Waals surface area contributed by atoms with Gasteiger partial charge in [0, 0.05) is 10.5 Å². The second-order valence-electron chi connectivity index (χ2n) is 2.72. The number of carbonyl (C=O) groups excluding carboxylic acids is 1. The van der Waals surface area contributed by atoms with Gasteiger partial charge < -0.3 is 9.84 Å². The first-order chi connectivity index (χ1) is 5.60. The van der Waals surface area contributed by atoms with Gasteiger partial charge in [-0.1, -0.05) is 13.8 Å². The minimum atomic E-state index is -0.194. The number of ether oxygens (including phenoxy) is 1. The largest absolute Gasteiger partial charge is 0.469 e. The van der Waals surface area contributed by atoms with Crippen molar-refractivity contribution in [3.05, 3.63) is 0 Å². The molecule has 0 amide bonds. The zero-order valence-electron chi connectivity index (χ0n) is 7.74. The van der Waals surface area contributed by atoms with Crippen molar-refractivity contribution in [3.8, 4) is 0 Å². The fourth-order valence-electron chi connectivity index (χ4n) is 0.806. The highest BCUT2D eigenvalue weighted by Gasteiger charge is 2.12. The molecule has 0 aromatic carbocycles. The van der Waals surface area contributed by atoms with Crippen molar-refractivity contribution in [1.29, 1.82) is 0 Å². The molecule has 0 spiro atoms. The monoisotopic (exact) mass is 192 g/mol. The number of aliphatic hydroxyl groups is 1. The lowest BCUT2D eigenvalue weighted by Gasteiger charge is -2.13. The van der Waals surface area contributed by atoms with Crippen molar-refractivity contribution < 1.29 is 14.6 Å². The normalized spacial score (nSPS) is 15.3. The van der Waals surface area contributed by atoms with Gasteiger partial charge in [-0.05, 0) is 0 Å². The van der Waals surface area contributed by atoms with E-state index in [9.17, 15) is 4.79 Å². The molecule has 0 radical (unpaired) electrons. The van der Waals surface area contributed by atoms with Gasteiger partial charge in [-0.25, -0.2) is 0 Å². The summed E-state index contributed by atoms with van der Waals surface area (Å²) in [5.74, 6) is -0.194. The predicted molar refractivity (Wildman–Crippen MR) is 50.2 cm³/mol. The van der Waals surface area contributed by atoms with E-state index >= 15 is 0 Å². The molecule has 0 aromatic rings. The summed E-state index contributed by atoms with van der Waals surface area (Å²) < 4.78 is 4.52. The lowest BCUT2D eigenvalue weighted by molar-refractivity contribution is -0.140. The fraction of sp³-hybridized carbons (Fsp3) is 0.875. The van der Waals surface area contributed by atoms with Gasteiger partial charge in [-0.3, -0.25) is 4.79 Å². The molecule has 0 aliphatic heterocycles. The van der Waals surface area contributed by atoms with Gasteiger partial charge in [0.2, 0.25) is 0 Å². The number of carbonyl (C=O) groups is 1. The van der Waals surface area contributed by atoms with Crippen molar-refractivity contribution in [2.24, 2.45) is 0 Å². The van der Waals surface area contributed by atoms with E-state index in [-0.39, 0.29) is 23.1 Å². The number of thioether (sulfide) groups is 1. The number of aliphatic hydroxyl groups excluding tert-OH is 1. The van der Waals surface area contributed by atoms with E-state index in [2.05, 4.69) is 4.74 Å². The van der Waals surface area contributed by atoms with E-state index in [0.717, 1.165) is 0 Å². The maximum Gasteiger partial charge on any atom is 0.306 e. The lowest BCUT2D eigenvalue weighted by Crippen LogP contribution is -2.13. The van der Waals surface area contributed by atoms with Crippen LogP contribution in [0.15, 0.2) is 0 Å². The van der Waals surface area contributed by atoms with Crippen LogP contribution in [0.3, 0.4) is 0 Å². The number of methoxy groups -OCH3 is 1. The average Bonchev–Trinajstić information content (AvgIpc) is 2.03. The molecule has 3 nitrogen and oxygen atoms in total. The van der Waals surface area contributed by atoms with Gasteiger partial charge in [-0.2, -0.15) is 11.8 Å². The first-order valence-electron chi connectivity index (χ1n) is 3.93. The Morgan fingerprint density at radius 1 is 1.50 bits per heavy atom. The van der Waals surface area contributed by atoms with Gasteiger partial charge in [-0.15, -0.1) is 0 Å². The van der Waals surface area contributed by atoms with E-state index in [1.165, 1.54) is 7.11 Å². The zero-order chi connectivity index (χ0) is 9.56. The highest BCUT2D eigenvalue weighted by molar-refractivity contribution is 8.00. The highest BCUT2D eigenvalue weighted by Crippen LogP contribution is 2.19. The standard InChI is InChI=1S/C8H16O3S/c1-6(4-8(10)11-3)12-7(2)5-9/h6-7,9H,4-5H2,1-3H3. The predicted octanol–water partition coefficient (Wildman–Crippen LogP) is 1.05. The molecular weight excluding hydrogens is 176 g/mol. The van der Waals surface area contributed by atoms with Crippen molar-refractivity contribution in [2.75, 3.05) is 13.7 Å². The van der Waals surface area contributed by atoms with Crippen LogP contribution in [0, 0.1) is 0 Å². The Balaban J connectivity index is 3.58. The Morgan fingerprint density at radius 3 is 2.50 bits per heavy atom. The van der Waals surface area contributed by atoms with Gasteiger partial charge >= 0.3 is 5.97 Å². The van der Waals surface area contributed by atoms with Crippen molar-refractivity contribution >= 4 is 17.7 Å². The van der Waals surface area contributed by atoms with Gasteiger partial charge in [0.25, 0.3) is 0 Å². The van der Waals surface area contributed by atoms with E-state index in [1.807, 2.05) is 13.8 Å². The van der Waals surface area contributed by atoms with E-state index in [0.29, 0.717) is 6.42 Å². The summed E-state index contributed by atoms with van der Waals surface area (Å²) in [6.45, 7) is 4.03. The molecule has 0 bridgehead atoms. The summed E-state index contributed by atoms with van der Waals surface area (Å²) in [6.07, 6.45) is 0.408. The quantitative estimate of drug-likeness (QED) is 0.661. The van der Waals surface area contributed by atoms with Gasteiger partial charge in [0.05, 0.1) is 20.1 Å². The second kappa shape index (κ2) is 6.31. The number of hydrogen-bond donors (Lipinski definition) is 1. The minimum absolute atomic E-state index is 0.149. The lowest BCUT2D eigenvalue weighted by atomic mass is 10.3. The third-order valence-electron chi connectivity index (χ3n) is 1.40.